The number of carbonyl (C=O) groups excluding carboxylic acids is 3. The van der Waals surface area contributed by atoms with Crippen molar-refractivity contribution in [1.29, 1.82) is 0 Å². The second-order valence-corrected chi connectivity index (χ2v) is 10.5. The van der Waals surface area contributed by atoms with Gasteiger partial charge in [0, 0.05) is 26.9 Å². The predicted molar refractivity (Wildman–Crippen MR) is 164 cm³/mol. The molecule has 0 aliphatic rings. The molecule has 0 saturated carbocycles. The molecule has 0 atom stereocenters. The van der Waals surface area contributed by atoms with E-state index < -0.39 is 11.8 Å². The smallest absolute Gasteiger partial charge is 0.272 e. The van der Waals surface area contributed by atoms with Crippen LogP contribution < -0.4 is 16.0 Å². The minimum atomic E-state index is -0.492. The highest BCUT2D eigenvalue weighted by Crippen LogP contribution is 2.24. The number of hydrogen-bond acceptors (Lipinski definition) is 4. The van der Waals surface area contributed by atoms with Crippen LogP contribution >= 0.6 is 23.4 Å². The molecule has 4 aromatic carbocycles. The summed E-state index contributed by atoms with van der Waals surface area (Å²) in [5.41, 5.74) is 4.66. The van der Waals surface area contributed by atoms with Gasteiger partial charge in [0.1, 0.15) is 5.70 Å². The number of halogens is 1. The van der Waals surface area contributed by atoms with Crippen molar-refractivity contribution in [2.24, 2.45) is 0 Å². The summed E-state index contributed by atoms with van der Waals surface area (Å²) in [5, 5.41) is 9.09. The van der Waals surface area contributed by atoms with Gasteiger partial charge in [0.15, 0.2) is 0 Å². The molecule has 8 heteroatoms. The number of anilines is 2. The van der Waals surface area contributed by atoms with Crippen LogP contribution in [0.1, 0.15) is 27.0 Å². The van der Waals surface area contributed by atoms with Crippen LogP contribution in [0, 0.1) is 13.8 Å². The molecule has 0 aliphatic heterocycles. The molecule has 0 spiro atoms. The Labute approximate surface area is 242 Å². The maximum absolute atomic E-state index is 13.3. The number of carbonyl (C=O) groups is 3. The Morgan fingerprint density at radius 3 is 2.30 bits per heavy atom. The molecule has 0 bridgehead atoms. The first-order valence-corrected chi connectivity index (χ1v) is 13.9. The van der Waals surface area contributed by atoms with Gasteiger partial charge in [0.2, 0.25) is 5.91 Å². The van der Waals surface area contributed by atoms with Crippen LogP contribution in [0.25, 0.3) is 6.08 Å². The van der Waals surface area contributed by atoms with E-state index >= 15 is 0 Å². The van der Waals surface area contributed by atoms with Crippen molar-refractivity contribution in [3.05, 3.63) is 130 Å². The second kappa shape index (κ2) is 13.6. The molecule has 3 amide bonds. The van der Waals surface area contributed by atoms with Gasteiger partial charge < -0.3 is 16.0 Å². The van der Waals surface area contributed by atoms with Crippen molar-refractivity contribution in [3.8, 4) is 0 Å². The number of aryl methyl sites for hydroxylation is 1. The van der Waals surface area contributed by atoms with Crippen LogP contribution in [0.5, 0.6) is 0 Å². The highest BCUT2D eigenvalue weighted by atomic mass is 35.5. The fourth-order valence-corrected chi connectivity index (χ4v) is 4.63. The van der Waals surface area contributed by atoms with Gasteiger partial charge in [0.05, 0.1) is 5.75 Å². The van der Waals surface area contributed by atoms with E-state index in [1.807, 2.05) is 44.2 Å². The van der Waals surface area contributed by atoms with E-state index in [0.717, 1.165) is 21.7 Å². The van der Waals surface area contributed by atoms with E-state index in [2.05, 4.69) is 16.0 Å². The van der Waals surface area contributed by atoms with Gasteiger partial charge in [0.25, 0.3) is 11.8 Å². The highest BCUT2D eigenvalue weighted by molar-refractivity contribution is 8.00. The second-order valence-electron chi connectivity index (χ2n) is 9.00. The zero-order valence-corrected chi connectivity index (χ0v) is 23.6. The molecule has 0 unspecified atom stereocenters. The summed E-state index contributed by atoms with van der Waals surface area (Å²) in [4.78, 5) is 39.5. The average molecular weight is 570 g/mol. The number of hydrogen-bond donors (Lipinski definition) is 3. The molecule has 202 valence electrons. The summed E-state index contributed by atoms with van der Waals surface area (Å²) >= 11 is 7.36. The van der Waals surface area contributed by atoms with Gasteiger partial charge >= 0.3 is 0 Å². The summed E-state index contributed by atoms with van der Waals surface area (Å²) in [6.07, 6.45) is 1.59. The first-order valence-electron chi connectivity index (χ1n) is 12.5. The van der Waals surface area contributed by atoms with Crippen LogP contribution in [0.3, 0.4) is 0 Å². The summed E-state index contributed by atoms with van der Waals surface area (Å²) in [6, 6.07) is 28.6. The molecule has 0 saturated heterocycles. The van der Waals surface area contributed by atoms with Crippen molar-refractivity contribution < 1.29 is 14.4 Å². The summed E-state index contributed by atoms with van der Waals surface area (Å²) < 4.78 is 0. The number of rotatable bonds is 9. The molecule has 6 nitrogen and oxygen atoms in total. The molecule has 0 radical (unpaired) electrons. The molecule has 4 aromatic rings. The van der Waals surface area contributed by atoms with E-state index in [1.165, 1.54) is 11.8 Å². The summed E-state index contributed by atoms with van der Waals surface area (Å²) in [6.45, 7) is 3.98. The lowest BCUT2D eigenvalue weighted by atomic mass is 10.1. The molecule has 0 aliphatic carbocycles. The third-order valence-electron chi connectivity index (χ3n) is 6.05. The Balaban J connectivity index is 1.45. The Morgan fingerprint density at radius 2 is 1.55 bits per heavy atom. The highest BCUT2D eigenvalue weighted by Gasteiger charge is 2.16. The molecular weight excluding hydrogens is 542 g/mol. The third kappa shape index (κ3) is 8.09. The lowest BCUT2D eigenvalue weighted by Gasteiger charge is -2.13. The molecular formula is C32H28ClN3O3S. The number of benzene rings is 4. The monoisotopic (exact) mass is 569 g/mol. The van der Waals surface area contributed by atoms with Crippen LogP contribution in [-0.2, 0) is 9.59 Å². The van der Waals surface area contributed by atoms with Gasteiger partial charge in [-0.1, -0.05) is 60.1 Å². The maximum Gasteiger partial charge on any atom is 0.272 e. The first-order chi connectivity index (χ1) is 19.3. The van der Waals surface area contributed by atoms with E-state index in [0.29, 0.717) is 21.8 Å². The molecule has 40 heavy (non-hydrogen) atoms. The molecule has 3 N–H and O–H groups in total. The Hall–Kier alpha value is -4.33. The largest absolute Gasteiger partial charge is 0.325 e. The summed E-state index contributed by atoms with van der Waals surface area (Å²) in [7, 11) is 0. The Morgan fingerprint density at radius 1 is 0.825 bits per heavy atom. The van der Waals surface area contributed by atoms with Gasteiger partial charge in [-0.3, -0.25) is 14.4 Å². The van der Waals surface area contributed by atoms with E-state index in [-0.39, 0.29) is 17.4 Å². The Bertz CT molecular complexity index is 1550. The van der Waals surface area contributed by atoms with Crippen molar-refractivity contribution in [2.75, 3.05) is 16.4 Å². The Kier molecular flexibility index (Phi) is 9.78. The predicted octanol–water partition coefficient (Wildman–Crippen LogP) is 7.10. The fourth-order valence-electron chi connectivity index (χ4n) is 3.75. The fraction of sp³-hybridized carbons (Fsp3) is 0.0938. The topological polar surface area (TPSA) is 87.3 Å². The SMILES string of the molecule is Cc1cccc(NC(=O)CSc2cccc(NC(=O)/C(=C\c3ccc(Cl)cc3)NC(=O)c3ccccc3)c2)c1C. The van der Waals surface area contributed by atoms with E-state index in [1.54, 1.807) is 72.8 Å². The third-order valence-corrected chi connectivity index (χ3v) is 7.30. The minimum absolute atomic E-state index is 0.0714. The molecule has 0 fully saturated rings. The van der Waals surface area contributed by atoms with Crippen molar-refractivity contribution in [3.63, 3.8) is 0 Å². The van der Waals surface area contributed by atoms with Crippen LogP contribution in [0.15, 0.2) is 108 Å². The van der Waals surface area contributed by atoms with Crippen LogP contribution in [-0.4, -0.2) is 23.5 Å². The normalized spacial score (nSPS) is 11.0. The lowest BCUT2D eigenvalue weighted by Crippen LogP contribution is -2.30. The zero-order valence-electron chi connectivity index (χ0n) is 22.0. The summed E-state index contributed by atoms with van der Waals surface area (Å²) in [5.74, 6) is -0.811. The van der Waals surface area contributed by atoms with E-state index in [9.17, 15) is 14.4 Å². The maximum atomic E-state index is 13.3. The van der Waals surface area contributed by atoms with Gasteiger partial charge in [-0.2, -0.15) is 0 Å². The average Bonchev–Trinajstić information content (AvgIpc) is 2.96. The standard InChI is InChI=1S/C32H28ClN3O3S/c1-21-8-6-13-28(22(21)2)35-30(37)20-40-27-12-7-11-26(19-27)34-32(39)29(18-23-14-16-25(33)17-15-23)36-31(38)24-9-4-3-5-10-24/h3-19H,20H2,1-2H3,(H,34,39)(H,35,37)(H,36,38)/b29-18+. The lowest BCUT2D eigenvalue weighted by molar-refractivity contribution is -0.114. The first kappa shape index (κ1) is 28.7. The zero-order chi connectivity index (χ0) is 28.5. The van der Waals surface area contributed by atoms with Crippen molar-refractivity contribution in [2.45, 2.75) is 18.7 Å². The quantitative estimate of drug-likeness (QED) is 0.148. The van der Waals surface area contributed by atoms with Crippen LogP contribution in [0.2, 0.25) is 5.02 Å². The number of nitrogens with one attached hydrogen (secondary N) is 3. The van der Waals surface area contributed by atoms with E-state index in [4.69, 9.17) is 11.6 Å². The molecule has 4 rings (SSSR count). The minimum Gasteiger partial charge on any atom is -0.325 e. The number of amides is 3. The van der Waals surface area contributed by atoms with Gasteiger partial charge in [-0.05, 0) is 85.1 Å². The molecule has 0 aromatic heterocycles. The van der Waals surface area contributed by atoms with Gasteiger partial charge in [-0.15, -0.1) is 11.8 Å². The van der Waals surface area contributed by atoms with Crippen molar-refractivity contribution >= 4 is 58.5 Å². The van der Waals surface area contributed by atoms with Gasteiger partial charge in [-0.25, -0.2) is 0 Å². The number of thioether (sulfide) groups is 1. The van der Waals surface area contributed by atoms with Crippen LogP contribution in [0.4, 0.5) is 11.4 Å². The molecule has 0 heterocycles. The van der Waals surface area contributed by atoms with Crippen molar-refractivity contribution in [1.82, 2.24) is 5.32 Å².